The number of ether oxygens (including phenoxy) is 1. The van der Waals surface area contributed by atoms with Gasteiger partial charge in [-0.1, -0.05) is 19.1 Å². The quantitative estimate of drug-likeness (QED) is 0.838. The predicted molar refractivity (Wildman–Crippen MR) is 53.5 cm³/mol. The highest BCUT2D eigenvalue weighted by Gasteiger charge is 2.14. The minimum atomic E-state index is -2.50. The Morgan fingerprint density at radius 2 is 2.07 bits per heavy atom. The first-order chi connectivity index (χ1) is 7.10. The Morgan fingerprint density at radius 3 is 2.53 bits per heavy atom. The van der Waals surface area contributed by atoms with E-state index in [1.165, 1.54) is 19.2 Å². The summed E-state index contributed by atoms with van der Waals surface area (Å²) in [4.78, 5) is 0. The molecule has 1 aromatic carbocycles. The zero-order valence-corrected chi connectivity index (χ0v) is 8.71. The summed E-state index contributed by atoms with van der Waals surface area (Å²) in [7, 11) is 1.43. The third-order valence-electron chi connectivity index (χ3n) is 2.31. The molecule has 0 aliphatic heterocycles. The van der Waals surface area contributed by atoms with Crippen molar-refractivity contribution in [2.75, 3.05) is 13.7 Å². The summed E-state index contributed by atoms with van der Waals surface area (Å²) in [5, 5.41) is 8.98. The van der Waals surface area contributed by atoms with Crippen molar-refractivity contribution in [3.63, 3.8) is 0 Å². The second-order valence-electron chi connectivity index (χ2n) is 3.39. The van der Waals surface area contributed by atoms with Gasteiger partial charge in [0.05, 0.1) is 7.11 Å². The highest BCUT2D eigenvalue weighted by molar-refractivity contribution is 5.40. The maximum Gasteiger partial charge on any atom is 0.263 e. The predicted octanol–water partition coefficient (Wildman–Crippen LogP) is 2.73. The molecule has 15 heavy (non-hydrogen) atoms. The van der Waals surface area contributed by atoms with Gasteiger partial charge < -0.3 is 9.84 Å². The summed E-state index contributed by atoms with van der Waals surface area (Å²) in [6.07, 6.45) is -2.50. The Balaban J connectivity index is 3.09. The van der Waals surface area contributed by atoms with Gasteiger partial charge in [0.2, 0.25) is 0 Å². The fourth-order valence-corrected chi connectivity index (χ4v) is 1.37. The molecule has 0 fully saturated rings. The van der Waals surface area contributed by atoms with E-state index in [9.17, 15) is 8.78 Å². The molecule has 0 saturated carbocycles. The van der Waals surface area contributed by atoms with Gasteiger partial charge in [0.15, 0.2) is 0 Å². The lowest BCUT2D eigenvalue weighted by Crippen LogP contribution is -2.02. The largest absolute Gasteiger partial charge is 0.496 e. The SMILES string of the molecule is COc1cc(C(F)F)ccc1C(C)CO. The van der Waals surface area contributed by atoms with E-state index in [1.54, 1.807) is 13.0 Å². The average Bonchev–Trinajstić information content (AvgIpc) is 2.27. The molecule has 1 aromatic rings. The molecule has 0 heterocycles. The fraction of sp³-hybridized carbons (Fsp3) is 0.455. The van der Waals surface area contributed by atoms with Gasteiger partial charge in [-0.15, -0.1) is 0 Å². The van der Waals surface area contributed by atoms with Gasteiger partial charge in [0.1, 0.15) is 5.75 Å². The van der Waals surface area contributed by atoms with E-state index < -0.39 is 6.43 Å². The fourth-order valence-electron chi connectivity index (χ4n) is 1.37. The van der Waals surface area contributed by atoms with Crippen molar-refractivity contribution in [3.05, 3.63) is 29.3 Å². The van der Waals surface area contributed by atoms with E-state index in [-0.39, 0.29) is 18.1 Å². The summed E-state index contributed by atoms with van der Waals surface area (Å²) < 4.78 is 29.8. The molecule has 0 saturated heterocycles. The number of aliphatic hydroxyl groups is 1. The molecule has 2 nitrogen and oxygen atoms in total. The second kappa shape index (κ2) is 5.07. The Bertz CT molecular complexity index is 326. The van der Waals surface area contributed by atoms with E-state index in [2.05, 4.69) is 0 Å². The van der Waals surface area contributed by atoms with Crippen molar-refractivity contribution < 1.29 is 18.6 Å². The van der Waals surface area contributed by atoms with Crippen LogP contribution in [-0.2, 0) is 0 Å². The van der Waals surface area contributed by atoms with Crippen LogP contribution in [-0.4, -0.2) is 18.8 Å². The highest BCUT2D eigenvalue weighted by atomic mass is 19.3. The van der Waals surface area contributed by atoms with Crippen molar-refractivity contribution >= 4 is 0 Å². The van der Waals surface area contributed by atoms with Crippen LogP contribution >= 0.6 is 0 Å². The topological polar surface area (TPSA) is 29.5 Å². The summed E-state index contributed by atoms with van der Waals surface area (Å²) in [5.74, 6) is 0.279. The van der Waals surface area contributed by atoms with Crippen molar-refractivity contribution in [1.82, 2.24) is 0 Å². The number of hydrogen-bond donors (Lipinski definition) is 1. The van der Waals surface area contributed by atoms with E-state index in [0.29, 0.717) is 5.75 Å². The molecular formula is C11H14F2O2. The maximum absolute atomic E-state index is 12.4. The third-order valence-corrected chi connectivity index (χ3v) is 2.31. The first kappa shape index (κ1) is 11.9. The lowest BCUT2D eigenvalue weighted by Gasteiger charge is -2.14. The Morgan fingerprint density at radius 1 is 1.40 bits per heavy atom. The standard InChI is InChI=1S/C11H14F2O2/c1-7(6-14)9-4-3-8(11(12)13)5-10(9)15-2/h3-5,7,11,14H,6H2,1-2H3. The van der Waals surface area contributed by atoms with Crippen LogP contribution in [0.2, 0.25) is 0 Å². The van der Waals surface area contributed by atoms with Gasteiger partial charge in [-0.3, -0.25) is 0 Å². The first-order valence-electron chi connectivity index (χ1n) is 4.67. The number of methoxy groups -OCH3 is 1. The molecule has 0 aliphatic carbocycles. The van der Waals surface area contributed by atoms with E-state index in [1.807, 2.05) is 0 Å². The molecule has 84 valence electrons. The number of hydrogen-bond acceptors (Lipinski definition) is 2. The van der Waals surface area contributed by atoms with Crippen LogP contribution in [0.3, 0.4) is 0 Å². The molecule has 0 aromatic heterocycles. The number of rotatable bonds is 4. The van der Waals surface area contributed by atoms with Crippen LogP contribution < -0.4 is 4.74 Å². The average molecular weight is 216 g/mol. The number of halogens is 2. The molecule has 0 aliphatic rings. The van der Waals surface area contributed by atoms with Crippen LogP contribution in [0.5, 0.6) is 5.75 Å². The Hall–Kier alpha value is -1.16. The van der Waals surface area contributed by atoms with Crippen LogP contribution in [0.25, 0.3) is 0 Å². The normalized spacial score (nSPS) is 12.9. The molecule has 0 spiro atoms. The Labute approximate surface area is 87.5 Å². The molecule has 1 N–H and O–H groups in total. The monoisotopic (exact) mass is 216 g/mol. The molecule has 0 bridgehead atoms. The minimum absolute atomic E-state index is 0.0373. The lowest BCUT2D eigenvalue weighted by atomic mass is 9.99. The first-order valence-corrected chi connectivity index (χ1v) is 4.67. The smallest absolute Gasteiger partial charge is 0.263 e. The van der Waals surface area contributed by atoms with Gasteiger partial charge in [0.25, 0.3) is 6.43 Å². The number of benzene rings is 1. The number of aliphatic hydroxyl groups excluding tert-OH is 1. The van der Waals surface area contributed by atoms with Crippen LogP contribution in [0.1, 0.15) is 30.4 Å². The summed E-state index contributed by atoms with van der Waals surface area (Å²) in [6.45, 7) is 1.77. The molecule has 0 amide bonds. The van der Waals surface area contributed by atoms with Crippen LogP contribution in [0.15, 0.2) is 18.2 Å². The van der Waals surface area contributed by atoms with E-state index in [0.717, 1.165) is 5.56 Å². The van der Waals surface area contributed by atoms with Gasteiger partial charge in [-0.25, -0.2) is 8.78 Å². The zero-order valence-electron chi connectivity index (χ0n) is 8.71. The van der Waals surface area contributed by atoms with Crippen LogP contribution in [0, 0.1) is 0 Å². The molecular weight excluding hydrogens is 202 g/mol. The third kappa shape index (κ3) is 2.65. The minimum Gasteiger partial charge on any atom is -0.496 e. The van der Waals surface area contributed by atoms with Gasteiger partial charge >= 0.3 is 0 Å². The van der Waals surface area contributed by atoms with E-state index >= 15 is 0 Å². The van der Waals surface area contributed by atoms with Gasteiger partial charge in [-0.05, 0) is 11.6 Å². The molecule has 4 heteroatoms. The molecule has 1 unspecified atom stereocenters. The van der Waals surface area contributed by atoms with Crippen molar-refractivity contribution in [3.8, 4) is 5.75 Å². The molecule has 0 radical (unpaired) electrons. The van der Waals surface area contributed by atoms with Gasteiger partial charge in [0, 0.05) is 18.1 Å². The number of alkyl halides is 2. The van der Waals surface area contributed by atoms with E-state index in [4.69, 9.17) is 9.84 Å². The van der Waals surface area contributed by atoms with Crippen molar-refractivity contribution in [1.29, 1.82) is 0 Å². The summed E-state index contributed by atoms with van der Waals surface area (Å²) >= 11 is 0. The second-order valence-corrected chi connectivity index (χ2v) is 3.39. The summed E-state index contributed by atoms with van der Waals surface area (Å²) in [5.41, 5.74) is 0.671. The van der Waals surface area contributed by atoms with Gasteiger partial charge in [-0.2, -0.15) is 0 Å². The summed E-state index contributed by atoms with van der Waals surface area (Å²) in [6, 6.07) is 4.24. The molecule has 1 atom stereocenters. The maximum atomic E-state index is 12.4. The lowest BCUT2D eigenvalue weighted by molar-refractivity contribution is 0.151. The molecule has 1 rings (SSSR count). The zero-order chi connectivity index (χ0) is 11.4. The Kier molecular flexibility index (Phi) is 4.03. The van der Waals surface area contributed by atoms with Crippen molar-refractivity contribution in [2.24, 2.45) is 0 Å². The van der Waals surface area contributed by atoms with Crippen LogP contribution in [0.4, 0.5) is 8.78 Å². The van der Waals surface area contributed by atoms with Crippen molar-refractivity contribution in [2.45, 2.75) is 19.3 Å². The highest BCUT2D eigenvalue weighted by Crippen LogP contribution is 2.30.